The van der Waals surface area contributed by atoms with Crippen LogP contribution < -0.4 is 0 Å². The van der Waals surface area contributed by atoms with Gasteiger partial charge in [0.05, 0.1) is 0 Å². The summed E-state index contributed by atoms with van der Waals surface area (Å²) in [5.41, 5.74) is 0. The molecule has 1 aliphatic carbocycles. The number of thioether (sulfide) groups is 1. The van der Waals surface area contributed by atoms with Gasteiger partial charge in [0.1, 0.15) is 5.78 Å². The molecule has 0 aliphatic heterocycles. The number of carbonyl (C=O) groups excluding carboxylic acids is 1. The van der Waals surface area contributed by atoms with E-state index in [2.05, 4.69) is 25.3 Å². The Kier molecular flexibility index (Phi) is 12.8. The number of aliphatic hydroxyl groups excluding tert-OH is 1. The van der Waals surface area contributed by atoms with E-state index in [4.69, 9.17) is 5.11 Å². The van der Waals surface area contributed by atoms with Gasteiger partial charge in [-0.05, 0) is 49.5 Å². The molecular formula is C22H38O4S. The minimum absolute atomic E-state index is 0.124. The molecule has 0 aromatic carbocycles. The van der Waals surface area contributed by atoms with Crippen LogP contribution in [0.4, 0.5) is 0 Å². The van der Waals surface area contributed by atoms with Crippen LogP contribution in [0.1, 0.15) is 77.6 Å². The Morgan fingerprint density at radius 3 is 2.63 bits per heavy atom. The van der Waals surface area contributed by atoms with Crippen molar-refractivity contribution in [3.8, 4) is 0 Å². The molecule has 0 radical (unpaired) electrons. The molecule has 1 unspecified atom stereocenters. The first-order chi connectivity index (χ1) is 13.0. The van der Waals surface area contributed by atoms with E-state index < -0.39 is 12.1 Å². The fraction of sp³-hybridized carbons (Fsp3) is 0.818. The minimum Gasteiger partial charge on any atom is -0.479 e. The van der Waals surface area contributed by atoms with E-state index in [9.17, 15) is 14.7 Å². The summed E-state index contributed by atoms with van der Waals surface area (Å²) >= 11 is 1.83. The number of ketones is 1. The van der Waals surface area contributed by atoms with Gasteiger partial charge >= 0.3 is 5.97 Å². The summed E-state index contributed by atoms with van der Waals surface area (Å²) in [4.78, 5) is 23.2. The van der Waals surface area contributed by atoms with Gasteiger partial charge in [-0.15, -0.1) is 0 Å². The number of carboxylic acids is 1. The van der Waals surface area contributed by atoms with E-state index in [1.54, 1.807) is 0 Å². The zero-order valence-corrected chi connectivity index (χ0v) is 17.9. The van der Waals surface area contributed by atoms with Crippen molar-refractivity contribution < 1.29 is 19.8 Å². The van der Waals surface area contributed by atoms with E-state index in [0.29, 0.717) is 36.9 Å². The predicted octanol–water partition coefficient (Wildman–Crippen LogP) is 5.09. The van der Waals surface area contributed by atoms with Crippen molar-refractivity contribution in [3.63, 3.8) is 0 Å². The average molecular weight is 399 g/mol. The lowest BCUT2D eigenvalue weighted by Crippen LogP contribution is -2.19. The molecular weight excluding hydrogens is 360 g/mol. The molecule has 5 heteroatoms. The fourth-order valence-electron chi connectivity index (χ4n) is 4.06. The summed E-state index contributed by atoms with van der Waals surface area (Å²) in [6.45, 7) is 2.22. The first-order valence-electron chi connectivity index (χ1n) is 10.6. The SMILES string of the molecule is CCCCCCC=C[C@H]1[C@H](CSC)CC(=O)[C@@H]1CCCCCC(O)C(=O)O. The van der Waals surface area contributed by atoms with E-state index in [0.717, 1.165) is 31.4 Å². The smallest absolute Gasteiger partial charge is 0.332 e. The van der Waals surface area contributed by atoms with Crippen LogP contribution in [-0.2, 0) is 9.59 Å². The molecule has 4 atom stereocenters. The van der Waals surface area contributed by atoms with Crippen LogP contribution in [0.5, 0.6) is 0 Å². The molecule has 4 nitrogen and oxygen atoms in total. The molecule has 1 aliphatic rings. The summed E-state index contributed by atoms with van der Waals surface area (Å²) in [5, 5.41) is 18.0. The second kappa shape index (κ2) is 14.2. The van der Waals surface area contributed by atoms with Gasteiger partial charge in [0, 0.05) is 12.3 Å². The van der Waals surface area contributed by atoms with Crippen LogP contribution in [0, 0.1) is 17.8 Å². The fourth-order valence-corrected chi connectivity index (χ4v) is 4.83. The number of unbranched alkanes of at least 4 members (excludes halogenated alkanes) is 6. The maximum absolute atomic E-state index is 12.5. The van der Waals surface area contributed by atoms with E-state index in [1.807, 2.05) is 11.8 Å². The number of hydrogen-bond acceptors (Lipinski definition) is 4. The minimum atomic E-state index is -1.26. The highest BCUT2D eigenvalue weighted by Gasteiger charge is 2.39. The van der Waals surface area contributed by atoms with Crippen molar-refractivity contribution >= 4 is 23.5 Å². The molecule has 1 saturated carbocycles. The van der Waals surface area contributed by atoms with Crippen molar-refractivity contribution in [1.82, 2.24) is 0 Å². The number of rotatable bonds is 15. The number of allylic oxidation sites excluding steroid dienone is 2. The summed E-state index contributed by atoms with van der Waals surface area (Å²) < 4.78 is 0. The summed E-state index contributed by atoms with van der Waals surface area (Å²) in [6.07, 6.45) is 16.0. The largest absolute Gasteiger partial charge is 0.479 e. The maximum atomic E-state index is 12.5. The van der Waals surface area contributed by atoms with Gasteiger partial charge < -0.3 is 10.2 Å². The van der Waals surface area contributed by atoms with Crippen molar-refractivity contribution in [3.05, 3.63) is 12.2 Å². The van der Waals surface area contributed by atoms with Crippen LogP contribution in [0.15, 0.2) is 12.2 Å². The highest BCUT2D eigenvalue weighted by Crippen LogP contribution is 2.40. The standard InChI is InChI=1S/C22H38O4S/c1-3-4-5-6-7-9-12-18-17(16-27-2)15-21(24)19(18)13-10-8-11-14-20(23)22(25)26/h9,12,17-20,23H,3-8,10-11,13-16H2,1-2H3,(H,25,26)/t17-,18-,19+,20?/m0/s1. The highest BCUT2D eigenvalue weighted by atomic mass is 32.2. The Morgan fingerprint density at radius 2 is 1.96 bits per heavy atom. The van der Waals surface area contributed by atoms with Crippen molar-refractivity contribution in [2.24, 2.45) is 17.8 Å². The van der Waals surface area contributed by atoms with Crippen LogP contribution in [-0.4, -0.2) is 40.1 Å². The van der Waals surface area contributed by atoms with Crippen molar-refractivity contribution in [1.29, 1.82) is 0 Å². The highest BCUT2D eigenvalue weighted by molar-refractivity contribution is 7.98. The topological polar surface area (TPSA) is 74.6 Å². The normalized spacial score (nSPS) is 24.0. The summed E-state index contributed by atoms with van der Waals surface area (Å²) in [6, 6.07) is 0. The van der Waals surface area contributed by atoms with E-state index in [-0.39, 0.29) is 5.92 Å². The molecule has 0 saturated heterocycles. The summed E-state index contributed by atoms with van der Waals surface area (Å²) in [7, 11) is 0. The van der Waals surface area contributed by atoms with Crippen LogP contribution in [0.3, 0.4) is 0 Å². The summed E-state index contributed by atoms with van der Waals surface area (Å²) in [5.74, 6) is 1.24. The van der Waals surface area contributed by atoms with E-state index in [1.165, 1.54) is 25.7 Å². The first-order valence-corrected chi connectivity index (χ1v) is 12.0. The zero-order valence-electron chi connectivity index (χ0n) is 17.1. The third-order valence-corrected chi connectivity index (χ3v) is 6.39. The predicted molar refractivity (Wildman–Crippen MR) is 113 cm³/mol. The maximum Gasteiger partial charge on any atom is 0.332 e. The Labute approximate surface area is 169 Å². The number of Topliss-reactive ketones (excluding diaryl/α,β-unsaturated/α-hetero) is 1. The number of hydrogen-bond donors (Lipinski definition) is 2. The molecule has 2 N–H and O–H groups in total. The van der Waals surface area contributed by atoms with Gasteiger partial charge in [0.25, 0.3) is 0 Å². The Balaban J connectivity index is 2.46. The molecule has 27 heavy (non-hydrogen) atoms. The Hall–Kier alpha value is -0.810. The monoisotopic (exact) mass is 398 g/mol. The van der Waals surface area contributed by atoms with Crippen LogP contribution in [0.2, 0.25) is 0 Å². The molecule has 0 amide bonds. The third kappa shape index (κ3) is 9.29. The van der Waals surface area contributed by atoms with Crippen LogP contribution in [0.25, 0.3) is 0 Å². The zero-order chi connectivity index (χ0) is 20.1. The lowest BCUT2D eigenvalue weighted by Gasteiger charge is -2.20. The van der Waals surface area contributed by atoms with Gasteiger partial charge in [-0.2, -0.15) is 11.8 Å². The quantitative estimate of drug-likeness (QED) is 0.297. The first kappa shape index (κ1) is 24.2. The molecule has 0 aromatic heterocycles. The molecule has 0 heterocycles. The lowest BCUT2D eigenvalue weighted by molar-refractivity contribution is -0.147. The molecule has 0 spiro atoms. The van der Waals surface area contributed by atoms with Gasteiger partial charge in [-0.25, -0.2) is 4.79 Å². The number of aliphatic hydroxyl groups is 1. The van der Waals surface area contributed by atoms with Crippen LogP contribution >= 0.6 is 11.8 Å². The second-order valence-electron chi connectivity index (χ2n) is 7.84. The molecule has 1 fully saturated rings. The Bertz CT molecular complexity index is 463. The average Bonchev–Trinajstić information content (AvgIpc) is 2.92. The Morgan fingerprint density at radius 1 is 1.22 bits per heavy atom. The molecule has 0 aromatic rings. The van der Waals surface area contributed by atoms with Gasteiger partial charge in [0.2, 0.25) is 0 Å². The number of carboxylic acid groups (broad SMARTS) is 1. The number of carbonyl (C=O) groups is 2. The van der Waals surface area contributed by atoms with Gasteiger partial charge in [-0.3, -0.25) is 4.79 Å². The van der Waals surface area contributed by atoms with Crippen molar-refractivity contribution in [2.45, 2.75) is 83.7 Å². The molecule has 156 valence electrons. The van der Waals surface area contributed by atoms with Crippen molar-refractivity contribution in [2.75, 3.05) is 12.0 Å². The number of aliphatic carboxylic acids is 1. The molecule has 1 rings (SSSR count). The molecule has 0 bridgehead atoms. The lowest BCUT2D eigenvalue weighted by atomic mass is 9.85. The van der Waals surface area contributed by atoms with Gasteiger partial charge in [0.15, 0.2) is 6.10 Å². The third-order valence-electron chi connectivity index (χ3n) is 5.63. The second-order valence-corrected chi connectivity index (χ2v) is 8.75. The van der Waals surface area contributed by atoms with E-state index >= 15 is 0 Å². The van der Waals surface area contributed by atoms with Gasteiger partial charge in [-0.1, -0.05) is 57.6 Å².